The summed E-state index contributed by atoms with van der Waals surface area (Å²) in [4.78, 5) is 3.07. The van der Waals surface area contributed by atoms with E-state index in [2.05, 4.69) is 237 Å². The fourth-order valence-corrected chi connectivity index (χ4v) is 25.8. The van der Waals surface area contributed by atoms with E-state index in [1.165, 1.54) is 245 Å². The number of rotatable bonds is 36. The van der Waals surface area contributed by atoms with Gasteiger partial charge in [0.05, 0.1) is 32.0 Å². The number of benzene rings is 10. The first-order valence-electron chi connectivity index (χ1n) is 46.2. The Bertz CT molecular complexity index is 5540. The summed E-state index contributed by atoms with van der Waals surface area (Å²) in [5, 5.41) is 4.96. The van der Waals surface area contributed by atoms with Gasteiger partial charge in [0, 0.05) is 89.3 Å². The van der Waals surface area contributed by atoms with Gasteiger partial charge < -0.3 is 18.9 Å². The first kappa shape index (κ1) is 77.1. The van der Waals surface area contributed by atoms with Crippen LogP contribution in [0.2, 0.25) is 0 Å². The minimum Gasteiger partial charge on any atom is -0.493 e. The maximum Gasteiger partial charge on any atom is 0.135 e. The molecule has 0 bridgehead atoms. The number of thiophene rings is 1. The van der Waals surface area contributed by atoms with Crippen LogP contribution in [0.1, 0.15) is 375 Å². The lowest BCUT2D eigenvalue weighted by atomic mass is 9.42. The zero-order valence-electron chi connectivity index (χ0n) is 70.8. The molecule has 4 nitrogen and oxygen atoms in total. The summed E-state index contributed by atoms with van der Waals surface area (Å²) >= 11 is 2.00. The molecule has 0 fully saturated rings. The zero-order valence-corrected chi connectivity index (χ0v) is 71.6. The van der Waals surface area contributed by atoms with Gasteiger partial charge in [-0.2, -0.15) is 0 Å². The molecule has 0 N–H and O–H groups in total. The molecular formula is C111H122O4S. The highest BCUT2D eigenvalue weighted by Crippen LogP contribution is 2.85. The minimum absolute atomic E-state index is 0.107. The number of unbranched alkanes of at least 4 members (excludes halogenated alkanes) is 24. The first-order valence-corrected chi connectivity index (χ1v) is 47.0. The van der Waals surface area contributed by atoms with Crippen LogP contribution in [0.5, 0.6) is 23.0 Å². The van der Waals surface area contributed by atoms with Gasteiger partial charge in [0.15, 0.2) is 0 Å². The van der Waals surface area contributed by atoms with Gasteiger partial charge in [0.2, 0.25) is 0 Å². The van der Waals surface area contributed by atoms with Crippen LogP contribution in [-0.2, 0) is 16.2 Å². The van der Waals surface area contributed by atoms with Crippen LogP contribution in [0.3, 0.4) is 0 Å². The molecular weight excluding hydrogens is 1430 g/mol. The second kappa shape index (κ2) is 32.5. The van der Waals surface area contributed by atoms with Crippen LogP contribution in [0.15, 0.2) is 170 Å². The summed E-state index contributed by atoms with van der Waals surface area (Å²) in [5.41, 5.74) is 31.2. The molecule has 1 heterocycles. The number of hydrogen-bond donors (Lipinski definition) is 0. The van der Waals surface area contributed by atoms with Crippen LogP contribution < -0.4 is 18.9 Å². The number of ether oxygens (including phenoxy) is 4. The molecule has 9 aliphatic carbocycles. The van der Waals surface area contributed by atoms with Crippen molar-refractivity contribution in [2.45, 2.75) is 287 Å². The van der Waals surface area contributed by atoms with Gasteiger partial charge in [-0.05, 0) is 188 Å². The Balaban J connectivity index is 0.000000345. The average Bonchev–Trinajstić information content (AvgIpc) is 1.43. The van der Waals surface area contributed by atoms with Gasteiger partial charge in [0.1, 0.15) is 23.0 Å². The first-order chi connectivity index (χ1) is 57.2. The van der Waals surface area contributed by atoms with E-state index in [0.29, 0.717) is 38.3 Å². The molecule has 0 saturated carbocycles. The fraction of sp³-hybridized carbons (Fsp3) is 0.441. The van der Waals surface area contributed by atoms with Crippen molar-refractivity contribution in [3.05, 3.63) is 302 Å². The maximum atomic E-state index is 7.61. The Labute approximate surface area is 697 Å². The molecule has 5 heteroatoms. The third kappa shape index (κ3) is 11.9. The molecule has 20 rings (SSSR count). The van der Waals surface area contributed by atoms with Crippen LogP contribution in [0.25, 0.3) is 21.5 Å². The molecule has 116 heavy (non-hydrogen) atoms. The average molecular weight is 1550 g/mol. The predicted octanol–water partition coefficient (Wildman–Crippen LogP) is 29.6. The van der Waals surface area contributed by atoms with E-state index in [0.717, 1.165) is 78.2 Å². The lowest BCUT2D eigenvalue weighted by Gasteiger charge is -2.59. The highest BCUT2D eigenvalue weighted by molar-refractivity contribution is 7.12. The van der Waals surface area contributed by atoms with E-state index in [4.69, 9.17) is 18.9 Å². The fourth-order valence-electron chi connectivity index (χ4n) is 24.6. The Morgan fingerprint density at radius 1 is 0.284 bits per heavy atom. The standard InChI is InChI=1S/C90H106O4.C21H16S/c1-7-11-15-17-19-21-23-25-27-29-31-41-55-91-77-58-63(78(57-61(77)5)92-56-42-32-30-28-26-24-22-20-18-16-12-8-2)51-52-66-65-44-34-33-43-64(65)62(6)70-59-72-76(60-71(66)70)90-75-50-40-37-47-69(75)85(90)81-82(86(72)90)88(94-54-14-10-4)80-79(87(81)93-53-13-9-3)83-67-45-35-38-48-73(67)89(83)74-49-39-36-46-68(74)84(80)89;1-11-17-18(12(2)22-11)20-14-8-4-6-10-16(14)21(20)15-9-5-3-7-13(15)19(17)21/h33-40,43-50,57-60,83-86H,7-32,41-42,53-56H2,1-6H3;3-10,19-20H,1-2H3. The smallest absolute Gasteiger partial charge is 0.135 e. The van der Waals surface area contributed by atoms with Crippen LogP contribution >= 0.6 is 11.3 Å². The molecule has 0 aliphatic heterocycles. The molecule has 596 valence electrons. The number of fused-ring (bicyclic) bond motifs is 23. The maximum absolute atomic E-state index is 7.61. The summed E-state index contributed by atoms with van der Waals surface area (Å²) in [6.07, 6.45) is 35.9. The van der Waals surface area contributed by atoms with Crippen molar-refractivity contribution in [3.8, 4) is 34.8 Å². The van der Waals surface area contributed by atoms with Gasteiger partial charge in [-0.1, -0.05) is 339 Å². The van der Waals surface area contributed by atoms with Crippen molar-refractivity contribution >= 4 is 32.9 Å². The van der Waals surface area contributed by atoms with E-state index in [9.17, 15) is 0 Å². The molecule has 0 amide bonds. The summed E-state index contributed by atoms with van der Waals surface area (Å²) in [6, 6.07) is 65.1. The van der Waals surface area contributed by atoms with E-state index in [-0.39, 0.29) is 39.9 Å². The Morgan fingerprint density at radius 2 is 0.621 bits per heavy atom. The van der Waals surface area contributed by atoms with Crippen LogP contribution in [-0.4, -0.2) is 26.4 Å². The predicted molar refractivity (Wildman–Crippen MR) is 483 cm³/mol. The number of hydrogen-bond acceptors (Lipinski definition) is 5. The second-order valence-corrected chi connectivity index (χ2v) is 37.7. The van der Waals surface area contributed by atoms with Crippen molar-refractivity contribution in [1.82, 2.24) is 0 Å². The molecule has 9 aliphatic rings. The molecule has 11 aromatic rings. The van der Waals surface area contributed by atoms with E-state index < -0.39 is 0 Å². The van der Waals surface area contributed by atoms with Gasteiger partial charge in [-0.3, -0.25) is 0 Å². The Kier molecular flexibility index (Phi) is 21.6. The summed E-state index contributed by atoms with van der Waals surface area (Å²) < 4.78 is 28.8. The van der Waals surface area contributed by atoms with Crippen molar-refractivity contribution in [2.75, 3.05) is 26.4 Å². The minimum atomic E-state index is -0.273. The van der Waals surface area contributed by atoms with Crippen molar-refractivity contribution in [2.24, 2.45) is 0 Å². The lowest BCUT2D eigenvalue weighted by molar-refractivity contribution is 0.282. The molecule has 10 aromatic carbocycles. The third-order valence-electron chi connectivity index (χ3n) is 29.8. The Hall–Kier alpha value is -8.82. The van der Waals surface area contributed by atoms with Crippen LogP contribution in [0.4, 0.5) is 0 Å². The topological polar surface area (TPSA) is 36.9 Å². The lowest BCUT2D eigenvalue weighted by Crippen LogP contribution is -2.53. The Morgan fingerprint density at radius 3 is 1.03 bits per heavy atom. The normalized spacial score (nSPS) is 21.4. The quantitative estimate of drug-likeness (QED) is 0.0223. The SMILES string of the molecule is CCCCCCCCCCCCCCOc1cc(C#Cc2c3ccccc3c(C)c3cc4c(cc23)C23c5ccccc5C2c2c(OCCCC)c5c(c(OCCCC)c2C43)C2c3ccccc3C23c2ccccc2C53)c(OCCCCCCCCCCCCCC)cc1C.Cc1sc(C)c2c1C1c3ccccc3C13c1ccccc1C23. The van der Waals surface area contributed by atoms with Gasteiger partial charge in [-0.25, -0.2) is 0 Å². The monoisotopic (exact) mass is 1550 g/mol. The highest BCUT2D eigenvalue weighted by Gasteiger charge is 2.76. The molecule has 0 radical (unpaired) electrons. The van der Waals surface area contributed by atoms with E-state index in [1.807, 2.05) is 11.3 Å². The van der Waals surface area contributed by atoms with Crippen LogP contribution in [0, 0.1) is 39.5 Å². The summed E-state index contributed by atoms with van der Waals surface area (Å²) in [7, 11) is 0. The second-order valence-electron chi connectivity index (χ2n) is 36.3. The van der Waals surface area contributed by atoms with Gasteiger partial charge >= 0.3 is 0 Å². The molecule has 3 spiro atoms. The van der Waals surface area contributed by atoms with E-state index >= 15 is 0 Å². The van der Waals surface area contributed by atoms with Crippen molar-refractivity contribution in [3.63, 3.8) is 0 Å². The largest absolute Gasteiger partial charge is 0.493 e. The molecule has 1 aromatic heterocycles. The highest BCUT2D eigenvalue weighted by atomic mass is 32.1. The summed E-state index contributed by atoms with van der Waals surface area (Å²) in [5.74, 6) is 13.7. The molecule has 8 unspecified atom stereocenters. The number of aryl methyl sites for hydroxylation is 4. The zero-order chi connectivity index (χ0) is 78.8. The van der Waals surface area contributed by atoms with Crippen molar-refractivity contribution < 1.29 is 18.9 Å². The summed E-state index contributed by atoms with van der Waals surface area (Å²) in [6.45, 7) is 21.2. The molecule has 0 saturated heterocycles. The van der Waals surface area contributed by atoms with Gasteiger partial charge in [0.25, 0.3) is 0 Å². The molecule has 8 atom stereocenters. The van der Waals surface area contributed by atoms with Crippen molar-refractivity contribution in [1.29, 1.82) is 0 Å². The van der Waals surface area contributed by atoms with E-state index in [1.54, 1.807) is 33.4 Å². The van der Waals surface area contributed by atoms with Gasteiger partial charge in [-0.15, -0.1) is 11.3 Å². The third-order valence-corrected chi connectivity index (χ3v) is 30.8.